The van der Waals surface area contributed by atoms with E-state index in [1.165, 1.54) is 17.2 Å². The molecule has 5 nitrogen and oxygen atoms in total. The van der Waals surface area contributed by atoms with Crippen molar-refractivity contribution in [2.45, 2.75) is 58.8 Å². The van der Waals surface area contributed by atoms with Crippen LogP contribution in [0, 0.1) is 0 Å². The zero-order valence-corrected chi connectivity index (χ0v) is 29.7. The molecule has 0 saturated heterocycles. The third-order valence-corrected chi connectivity index (χ3v) is 7.22. The molecule has 0 aliphatic carbocycles. The molecule has 0 heterocycles. The third kappa shape index (κ3) is 17.2. The summed E-state index contributed by atoms with van der Waals surface area (Å²) in [6, 6.07) is 0. The Labute approximate surface area is 305 Å². The van der Waals surface area contributed by atoms with Crippen LogP contribution in [0.3, 0.4) is 0 Å². The van der Waals surface area contributed by atoms with Crippen LogP contribution < -0.4 is 154 Å². The van der Waals surface area contributed by atoms with Crippen molar-refractivity contribution in [2.75, 3.05) is 0 Å². The van der Waals surface area contributed by atoms with Gasteiger partial charge in [0.2, 0.25) is 0 Å². The molecule has 0 rings (SSSR count). The van der Waals surface area contributed by atoms with Crippen LogP contribution in [0.25, 0.3) is 0 Å². The molecule has 1 atom stereocenters. The number of hydrogen-bond donors (Lipinski definition) is 3. The van der Waals surface area contributed by atoms with E-state index >= 15 is 0 Å². The van der Waals surface area contributed by atoms with E-state index in [-0.39, 0.29) is 164 Å². The summed E-state index contributed by atoms with van der Waals surface area (Å²) in [6.45, 7) is 7.85. The summed E-state index contributed by atoms with van der Waals surface area (Å²) < 4.78 is 48.8. The molecule has 0 amide bonds. The maximum Gasteiger partial charge on any atom is 1.00 e. The number of hydrogen-bond acceptors (Lipinski definition) is 2. The van der Waals surface area contributed by atoms with E-state index < -0.39 is 20.4 Å². The first-order valence-electron chi connectivity index (χ1n) is 8.10. The van der Waals surface area contributed by atoms with Gasteiger partial charge in [0.15, 0.2) is 0 Å². The molecule has 0 radical (unpaired) electrons. The molecule has 0 aromatic heterocycles. The van der Waals surface area contributed by atoms with E-state index in [0.717, 1.165) is 30.9 Å². The van der Waals surface area contributed by atoms with Crippen LogP contribution in [0.1, 0.15) is 57.7 Å². The monoisotopic (exact) mass is 532 g/mol. The molecule has 0 aliphatic rings. The normalized spacial score (nSPS) is 14.9. The fourth-order valence-electron chi connectivity index (χ4n) is 1.92. The second kappa shape index (κ2) is 19.3. The van der Waals surface area contributed by atoms with E-state index in [0.29, 0.717) is 6.42 Å². The molecular weight excluding hydrogens is 501 g/mol. The Morgan fingerprint density at radius 3 is 1.79 bits per heavy atom. The summed E-state index contributed by atoms with van der Waals surface area (Å²) in [7, 11) is -11.5. The van der Waals surface area contributed by atoms with Crippen molar-refractivity contribution < 1.29 is 191 Å². The van der Waals surface area contributed by atoms with Gasteiger partial charge in [-0.25, -0.2) is 0 Å². The van der Waals surface area contributed by atoms with Crippen molar-refractivity contribution in [1.29, 1.82) is 0 Å². The number of halogens is 2. The van der Waals surface area contributed by atoms with Gasteiger partial charge < -0.3 is 19.0 Å². The predicted molar refractivity (Wildman–Crippen MR) is 105 cm³/mol. The van der Waals surface area contributed by atoms with Crippen molar-refractivity contribution in [3.63, 3.8) is 0 Å². The largest absolute Gasteiger partial charge is 1.00 e. The summed E-state index contributed by atoms with van der Waals surface area (Å²) >= 11 is 0. The topological polar surface area (TPSA) is 94.8 Å². The molecule has 1 unspecified atom stereocenters. The Morgan fingerprint density at radius 1 is 0.897 bits per heavy atom. The van der Waals surface area contributed by atoms with Crippen LogP contribution in [0.4, 0.5) is 8.78 Å². The molecule has 0 fully saturated rings. The Morgan fingerprint density at radius 2 is 1.34 bits per heavy atom. The van der Waals surface area contributed by atoms with Gasteiger partial charge in [0, 0.05) is 5.82 Å². The Balaban J connectivity index is -0.000000208. The van der Waals surface area contributed by atoms with Crippen LogP contribution in [0.2, 0.25) is 0 Å². The minimum absolute atomic E-state index is 0. The molecular formula is C17H31F2K3O5P2. The quantitative estimate of drug-likeness (QED) is 0.123. The summed E-state index contributed by atoms with van der Waals surface area (Å²) in [5, 5.41) is -5.00. The van der Waals surface area contributed by atoms with Crippen LogP contribution in [-0.4, -0.2) is 20.1 Å². The smallest absolute Gasteiger partial charge is 1.00 e. The average molecular weight is 533 g/mol. The zero-order chi connectivity index (χ0) is 20.6. The van der Waals surface area contributed by atoms with Gasteiger partial charge in [0.1, 0.15) is 0 Å². The summed E-state index contributed by atoms with van der Waals surface area (Å²) in [5.41, 5.74) is 3.30. The maximum absolute atomic E-state index is 13.3. The summed E-state index contributed by atoms with van der Waals surface area (Å²) in [5.74, 6) is 0.260. The maximum atomic E-state index is 13.3. The second-order valence-corrected chi connectivity index (χ2v) is 10.5. The van der Waals surface area contributed by atoms with Gasteiger partial charge in [-0.15, -0.1) is 0 Å². The van der Waals surface area contributed by atoms with Crippen LogP contribution in [0.5, 0.6) is 0 Å². The molecule has 156 valence electrons. The first-order valence-corrected chi connectivity index (χ1v) is 11.4. The van der Waals surface area contributed by atoms with Crippen molar-refractivity contribution in [1.82, 2.24) is 0 Å². The Bertz CT molecular complexity index is 712. The van der Waals surface area contributed by atoms with Gasteiger partial charge in [-0.2, -0.15) is 8.78 Å². The fourth-order valence-corrected chi connectivity index (χ4v) is 4.11. The van der Waals surface area contributed by atoms with Gasteiger partial charge in [0.25, 0.3) is 0 Å². The molecule has 0 spiro atoms. The third-order valence-electron chi connectivity index (χ3n) is 3.53. The minimum Gasteiger partial charge on any atom is -1.00 e. The van der Waals surface area contributed by atoms with Crippen LogP contribution in [-0.2, 0) is 9.13 Å². The van der Waals surface area contributed by atoms with E-state index in [2.05, 4.69) is 12.2 Å². The molecule has 0 saturated carbocycles. The standard InChI is InChI=1S/C17H28F2O5P2.3K.3H/c1-14(2)8-5-9-15(3)10-6-11-16(4)12-7-13-25(20,21)17(18,19)26(22,23)24;;;;;;/h7-8,10,12-13H,5-6,9,11H2,1-4H3,(H,20,21)(H2,22,23,24);;;;;;/q;3*+1;3*-1/b13-7+,15-10+,16-12+;;;;;;. The first kappa shape index (κ1) is 40.2. The minimum atomic E-state index is -6.03. The molecule has 29 heavy (non-hydrogen) atoms. The van der Waals surface area contributed by atoms with Crippen molar-refractivity contribution in [3.05, 3.63) is 46.8 Å². The predicted octanol–water partition coefficient (Wildman–Crippen LogP) is -2.73. The number of rotatable bonds is 10. The Hall–Kier alpha value is 4.07. The average Bonchev–Trinajstić information content (AvgIpc) is 2.45. The van der Waals surface area contributed by atoms with Gasteiger partial charge in [-0.1, -0.05) is 41.0 Å². The zero-order valence-electron chi connectivity index (χ0n) is 21.5. The number of allylic oxidation sites excluding steroid dienone is 7. The van der Waals surface area contributed by atoms with Crippen molar-refractivity contribution in [2.24, 2.45) is 0 Å². The second-order valence-electron chi connectivity index (χ2n) is 6.44. The van der Waals surface area contributed by atoms with E-state index in [4.69, 9.17) is 9.79 Å². The Kier molecular flexibility index (Phi) is 26.8. The van der Waals surface area contributed by atoms with Gasteiger partial charge in [0.05, 0.1) is 0 Å². The molecule has 3 N–H and O–H groups in total. The SMILES string of the molecule is CC(C)=CCC/C(C)=C/CC/C(C)=C/C=C/P(=O)(O)C(F)(F)P(=O)(O)O.[H-].[H-].[H-].[K+].[K+].[K+]. The van der Waals surface area contributed by atoms with Gasteiger partial charge in [-0.05, 0) is 53.4 Å². The van der Waals surface area contributed by atoms with Gasteiger partial charge >= 0.3 is 175 Å². The fraction of sp³-hybridized carbons (Fsp3) is 0.529. The molecule has 0 aromatic rings. The van der Waals surface area contributed by atoms with Crippen LogP contribution >= 0.6 is 15.0 Å². The molecule has 12 heteroatoms. The van der Waals surface area contributed by atoms with Crippen molar-refractivity contribution in [3.8, 4) is 0 Å². The molecule has 0 bridgehead atoms. The summed E-state index contributed by atoms with van der Waals surface area (Å²) in [4.78, 5) is 26.3. The van der Waals surface area contributed by atoms with Crippen molar-refractivity contribution >= 4 is 15.0 Å². The summed E-state index contributed by atoms with van der Waals surface area (Å²) in [6.07, 6.45) is 9.87. The first-order chi connectivity index (χ1) is 11.7. The number of alkyl halides is 2. The van der Waals surface area contributed by atoms with Gasteiger partial charge in [-0.3, -0.25) is 9.13 Å². The van der Waals surface area contributed by atoms with E-state index in [1.54, 1.807) is 6.92 Å². The van der Waals surface area contributed by atoms with E-state index in [1.807, 2.05) is 20.8 Å². The molecule has 0 aliphatic heterocycles. The van der Waals surface area contributed by atoms with Crippen LogP contribution in [0.15, 0.2) is 46.8 Å². The van der Waals surface area contributed by atoms with E-state index in [9.17, 15) is 22.8 Å². The molecule has 0 aromatic carbocycles.